The van der Waals surface area contributed by atoms with E-state index in [-0.39, 0.29) is 0 Å². The van der Waals surface area contributed by atoms with Crippen LogP contribution in [0, 0.1) is 0 Å². The summed E-state index contributed by atoms with van der Waals surface area (Å²) >= 11 is 0. The highest BCUT2D eigenvalue weighted by Gasteiger charge is 2.10. The van der Waals surface area contributed by atoms with Crippen LogP contribution < -0.4 is 4.74 Å². The molecular formula is C24H28O3. The lowest BCUT2D eigenvalue weighted by molar-refractivity contribution is 0.0978. The van der Waals surface area contributed by atoms with E-state index in [9.17, 15) is 4.79 Å². The van der Waals surface area contributed by atoms with Gasteiger partial charge in [0.15, 0.2) is 0 Å². The van der Waals surface area contributed by atoms with Crippen molar-refractivity contribution in [2.75, 3.05) is 6.61 Å². The molecule has 27 heavy (non-hydrogen) atoms. The molecule has 0 saturated heterocycles. The third-order valence-corrected chi connectivity index (χ3v) is 4.87. The van der Waals surface area contributed by atoms with Crippen molar-refractivity contribution >= 4 is 27.7 Å². The maximum absolute atomic E-state index is 12.0. The molecule has 3 nitrogen and oxygen atoms in total. The number of fused-ring (bicyclic) bond motifs is 2. The molecule has 142 valence electrons. The van der Waals surface area contributed by atoms with E-state index in [1.54, 1.807) is 0 Å². The van der Waals surface area contributed by atoms with Crippen LogP contribution >= 0.6 is 0 Å². The minimum Gasteiger partial charge on any atom is -0.434 e. The van der Waals surface area contributed by atoms with E-state index in [4.69, 9.17) is 9.47 Å². The van der Waals surface area contributed by atoms with Gasteiger partial charge in [-0.25, -0.2) is 4.79 Å². The van der Waals surface area contributed by atoms with E-state index in [2.05, 4.69) is 31.2 Å². The molecular weight excluding hydrogens is 336 g/mol. The normalized spacial score (nSPS) is 11.0. The Bertz CT molecular complexity index is 885. The minimum atomic E-state index is -0.623. The van der Waals surface area contributed by atoms with Gasteiger partial charge in [0.1, 0.15) is 5.75 Å². The molecule has 0 saturated carbocycles. The molecule has 3 rings (SSSR count). The molecule has 3 aromatic carbocycles. The first kappa shape index (κ1) is 19.2. The second-order valence-corrected chi connectivity index (χ2v) is 7.00. The number of unbranched alkanes of at least 4 members (excludes halogenated alkanes) is 6. The van der Waals surface area contributed by atoms with Gasteiger partial charge in [0.25, 0.3) is 0 Å². The lowest BCUT2D eigenvalue weighted by Gasteiger charge is -2.09. The Hall–Kier alpha value is -2.55. The lowest BCUT2D eigenvalue weighted by Crippen LogP contribution is -2.11. The smallest absolute Gasteiger partial charge is 0.434 e. The van der Waals surface area contributed by atoms with Gasteiger partial charge in [0, 0.05) is 5.39 Å². The predicted octanol–water partition coefficient (Wildman–Crippen LogP) is 7.26. The SMILES string of the molecule is CCCCCCCCCOC(=O)Oc1cccc2cc3ccccc3cc12. The monoisotopic (exact) mass is 364 g/mol. The molecule has 0 amide bonds. The van der Waals surface area contributed by atoms with Gasteiger partial charge in [-0.05, 0) is 40.8 Å². The molecule has 0 radical (unpaired) electrons. The number of rotatable bonds is 9. The summed E-state index contributed by atoms with van der Waals surface area (Å²) < 4.78 is 10.7. The van der Waals surface area contributed by atoms with Crippen LogP contribution in [0.4, 0.5) is 4.79 Å². The molecule has 0 aromatic heterocycles. The van der Waals surface area contributed by atoms with Gasteiger partial charge in [-0.1, -0.05) is 81.8 Å². The first-order valence-corrected chi connectivity index (χ1v) is 10.0. The summed E-state index contributed by atoms with van der Waals surface area (Å²) in [6.07, 6.45) is 7.70. The zero-order chi connectivity index (χ0) is 18.9. The molecule has 0 spiro atoms. The molecule has 0 aliphatic carbocycles. The third-order valence-electron chi connectivity index (χ3n) is 4.87. The van der Waals surface area contributed by atoms with Crippen molar-refractivity contribution in [3.05, 3.63) is 54.6 Å². The molecule has 0 atom stereocenters. The minimum absolute atomic E-state index is 0.417. The number of carbonyl (C=O) groups excluding carboxylic acids is 1. The fourth-order valence-electron chi connectivity index (χ4n) is 3.36. The van der Waals surface area contributed by atoms with E-state index in [0.29, 0.717) is 12.4 Å². The van der Waals surface area contributed by atoms with Gasteiger partial charge in [-0.3, -0.25) is 0 Å². The molecule has 0 bridgehead atoms. The summed E-state index contributed by atoms with van der Waals surface area (Å²) in [4.78, 5) is 12.0. The summed E-state index contributed by atoms with van der Waals surface area (Å²) in [5, 5.41) is 4.26. The highest BCUT2D eigenvalue weighted by atomic mass is 16.7. The lowest BCUT2D eigenvalue weighted by atomic mass is 10.0. The average Bonchev–Trinajstić information content (AvgIpc) is 2.69. The van der Waals surface area contributed by atoms with Crippen LogP contribution in [-0.4, -0.2) is 12.8 Å². The summed E-state index contributed by atoms with van der Waals surface area (Å²) in [7, 11) is 0. The Balaban J connectivity index is 1.53. The fourth-order valence-corrected chi connectivity index (χ4v) is 3.36. The average molecular weight is 364 g/mol. The molecule has 3 heteroatoms. The fraction of sp³-hybridized carbons (Fsp3) is 0.375. The number of benzene rings is 3. The van der Waals surface area contributed by atoms with Gasteiger partial charge in [0.05, 0.1) is 6.61 Å². The Morgan fingerprint density at radius 1 is 0.778 bits per heavy atom. The van der Waals surface area contributed by atoms with Crippen LogP contribution in [0.1, 0.15) is 51.9 Å². The summed E-state index contributed by atoms with van der Waals surface area (Å²) in [5.74, 6) is 0.544. The van der Waals surface area contributed by atoms with Crippen molar-refractivity contribution in [3.8, 4) is 5.75 Å². The Kier molecular flexibility index (Phi) is 7.09. The highest BCUT2D eigenvalue weighted by Crippen LogP contribution is 2.30. The Morgan fingerprint density at radius 2 is 1.44 bits per heavy atom. The topological polar surface area (TPSA) is 35.5 Å². The van der Waals surface area contributed by atoms with Crippen molar-refractivity contribution in [1.29, 1.82) is 0 Å². The second-order valence-electron chi connectivity index (χ2n) is 7.00. The van der Waals surface area contributed by atoms with Gasteiger partial charge < -0.3 is 9.47 Å². The Labute approximate surface area is 161 Å². The molecule has 3 aromatic rings. The Morgan fingerprint density at radius 3 is 2.22 bits per heavy atom. The highest BCUT2D eigenvalue weighted by molar-refractivity contribution is 6.01. The number of ether oxygens (including phenoxy) is 2. The van der Waals surface area contributed by atoms with Crippen LogP contribution in [-0.2, 0) is 4.74 Å². The quantitative estimate of drug-likeness (QED) is 0.173. The molecule has 0 N–H and O–H groups in total. The van der Waals surface area contributed by atoms with E-state index in [1.807, 2.05) is 30.3 Å². The zero-order valence-corrected chi connectivity index (χ0v) is 16.1. The van der Waals surface area contributed by atoms with Crippen LogP contribution in [0.15, 0.2) is 54.6 Å². The van der Waals surface area contributed by atoms with E-state index in [0.717, 1.165) is 29.0 Å². The van der Waals surface area contributed by atoms with Gasteiger partial charge in [-0.2, -0.15) is 0 Å². The molecule has 0 fully saturated rings. The van der Waals surface area contributed by atoms with Crippen LogP contribution in [0.25, 0.3) is 21.5 Å². The first-order chi connectivity index (χ1) is 13.3. The van der Waals surface area contributed by atoms with E-state index >= 15 is 0 Å². The predicted molar refractivity (Wildman–Crippen MR) is 111 cm³/mol. The van der Waals surface area contributed by atoms with Gasteiger partial charge >= 0.3 is 6.16 Å². The van der Waals surface area contributed by atoms with Crippen molar-refractivity contribution in [3.63, 3.8) is 0 Å². The standard InChI is InChI=1S/C24H28O3/c1-2-3-4-5-6-7-10-16-26-24(25)27-23-15-11-14-21-17-19-12-8-9-13-20(19)18-22(21)23/h8-9,11-15,17-18H,2-7,10,16H2,1H3. The first-order valence-electron chi connectivity index (χ1n) is 10.0. The number of hydrogen-bond acceptors (Lipinski definition) is 3. The van der Waals surface area contributed by atoms with Gasteiger partial charge in [0.2, 0.25) is 0 Å². The molecule has 0 unspecified atom stereocenters. The molecule has 0 aliphatic rings. The summed E-state index contributed by atoms with van der Waals surface area (Å²) in [5.41, 5.74) is 0. The van der Waals surface area contributed by atoms with Crippen LogP contribution in [0.2, 0.25) is 0 Å². The van der Waals surface area contributed by atoms with Crippen LogP contribution in [0.5, 0.6) is 5.75 Å². The maximum atomic E-state index is 12.0. The summed E-state index contributed by atoms with van der Waals surface area (Å²) in [6, 6.07) is 18.1. The largest absolute Gasteiger partial charge is 0.513 e. The number of carbonyl (C=O) groups is 1. The van der Waals surface area contributed by atoms with Crippen molar-refractivity contribution in [1.82, 2.24) is 0 Å². The maximum Gasteiger partial charge on any atom is 0.513 e. The van der Waals surface area contributed by atoms with Crippen molar-refractivity contribution < 1.29 is 14.3 Å². The second kappa shape index (κ2) is 9.96. The molecule has 0 heterocycles. The van der Waals surface area contributed by atoms with Crippen molar-refractivity contribution in [2.45, 2.75) is 51.9 Å². The van der Waals surface area contributed by atoms with E-state index < -0.39 is 6.16 Å². The summed E-state index contributed by atoms with van der Waals surface area (Å²) in [6.45, 7) is 2.64. The van der Waals surface area contributed by atoms with Crippen molar-refractivity contribution in [2.24, 2.45) is 0 Å². The van der Waals surface area contributed by atoms with E-state index in [1.165, 1.54) is 37.5 Å². The van der Waals surface area contributed by atoms with Gasteiger partial charge in [-0.15, -0.1) is 0 Å². The van der Waals surface area contributed by atoms with Crippen LogP contribution in [0.3, 0.4) is 0 Å². The molecule has 0 aliphatic heterocycles. The third kappa shape index (κ3) is 5.46. The zero-order valence-electron chi connectivity index (χ0n) is 16.1. The number of hydrogen-bond donors (Lipinski definition) is 0.